The molecule has 1 aromatic rings. The fraction of sp³-hybridized carbons (Fsp3) is 0.625. The molecule has 0 amide bonds. The molecule has 1 aromatic carbocycles. The van der Waals surface area contributed by atoms with Crippen molar-refractivity contribution < 1.29 is 13.9 Å². The number of hydrogen-bond acceptors (Lipinski definition) is 2. The van der Waals surface area contributed by atoms with Crippen LogP contribution in [-0.4, -0.2) is 23.7 Å². The third-order valence-corrected chi connectivity index (χ3v) is 4.38. The maximum absolute atomic E-state index is 13.2. The molecule has 2 atom stereocenters. The van der Waals surface area contributed by atoms with E-state index in [2.05, 4.69) is 0 Å². The van der Waals surface area contributed by atoms with Crippen LogP contribution in [0.1, 0.15) is 42.7 Å². The molecule has 1 aliphatic carbocycles. The minimum Gasteiger partial charge on any atom is -0.392 e. The molecule has 0 saturated heterocycles. The first-order valence-electron chi connectivity index (χ1n) is 7.25. The van der Waals surface area contributed by atoms with Crippen molar-refractivity contribution in [1.29, 1.82) is 0 Å². The predicted molar refractivity (Wildman–Crippen MR) is 75.9 cm³/mol. The largest absolute Gasteiger partial charge is 0.392 e. The van der Waals surface area contributed by atoms with Crippen LogP contribution in [0, 0.1) is 12.8 Å². The van der Waals surface area contributed by atoms with E-state index >= 15 is 0 Å². The second kappa shape index (κ2) is 6.19. The first-order valence-corrected chi connectivity index (χ1v) is 7.25. The Labute approximate surface area is 119 Å². The molecule has 1 saturated carbocycles. The normalized spacial score (nSPS) is 22.4. The lowest BCUT2D eigenvalue weighted by atomic mass is 9.77. The maximum Gasteiger partial charge on any atom is 0.248 e. The van der Waals surface area contributed by atoms with Gasteiger partial charge in [0.1, 0.15) is 0 Å². The molecule has 2 rings (SSSR count). The highest BCUT2D eigenvalue weighted by Crippen LogP contribution is 2.40. The summed E-state index contributed by atoms with van der Waals surface area (Å²) in [6.07, 6.45) is -0.148. The average molecular weight is 283 g/mol. The van der Waals surface area contributed by atoms with E-state index < -0.39 is 12.0 Å². The quantitative estimate of drug-likeness (QED) is 0.891. The second-order valence-electron chi connectivity index (χ2n) is 5.94. The first kappa shape index (κ1) is 15.4. The molecule has 3 N–H and O–H groups in total. The number of aliphatic hydroxyl groups excluding tert-OH is 1. The van der Waals surface area contributed by atoms with Crippen LogP contribution < -0.4 is 5.73 Å². The van der Waals surface area contributed by atoms with Crippen molar-refractivity contribution in [2.24, 2.45) is 11.7 Å². The highest BCUT2D eigenvalue weighted by molar-refractivity contribution is 5.27. The Bertz CT molecular complexity index is 440. The van der Waals surface area contributed by atoms with E-state index in [1.165, 1.54) is 0 Å². The minimum atomic E-state index is -2.56. The van der Waals surface area contributed by atoms with Crippen LogP contribution in [0.4, 0.5) is 8.78 Å². The van der Waals surface area contributed by atoms with E-state index in [0.717, 1.165) is 11.1 Å². The molecule has 0 aliphatic heterocycles. The van der Waals surface area contributed by atoms with Crippen LogP contribution in [0.2, 0.25) is 0 Å². The van der Waals surface area contributed by atoms with Gasteiger partial charge in [-0.1, -0.05) is 29.8 Å². The zero-order valence-electron chi connectivity index (χ0n) is 11.9. The Balaban J connectivity index is 2.08. The number of halogens is 2. The molecule has 1 fully saturated rings. The Morgan fingerprint density at radius 3 is 2.55 bits per heavy atom. The summed E-state index contributed by atoms with van der Waals surface area (Å²) < 4.78 is 26.4. The van der Waals surface area contributed by atoms with Gasteiger partial charge in [0.25, 0.3) is 0 Å². The van der Waals surface area contributed by atoms with Crippen molar-refractivity contribution in [3.63, 3.8) is 0 Å². The first-order chi connectivity index (χ1) is 9.43. The molecule has 112 valence electrons. The molecule has 0 bridgehead atoms. The lowest BCUT2D eigenvalue weighted by Crippen LogP contribution is -2.37. The third-order valence-electron chi connectivity index (χ3n) is 4.38. The van der Waals surface area contributed by atoms with E-state index in [0.29, 0.717) is 19.4 Å². The van der Waals surface area contributed by atoms with Gasteiger partial charge in [0.15, 0.2) is 0 Å². The number of benzene rings is 1. The lowest BCUT2D eigenvalue weighted by Gasteiger charge is -2.35. The van der Waals surface area contributed by atoms with Gasteiger partial charge in [0, 0.05) is 25.3 Å². The van der Waals surface area contributed by atoms with E-state index in [9.17, 15) is 13.9 Å². The predicted octanol–water partition coefficient (Wildman–Crippen LogP) is 3.22. The number of alkyl halides is 2. The Kier molecular flexibility index (Phi) is 4.76. The molecule has 4 heteroatoms. The van der Waals surface area contributed by atoms with Crippen LogP contribution >= 0.6 is 0 Å². The molecule has 20 heavy (non-hydrogen) atoms. The van der Waals surface area contributed by atoms with E-state index in [1.807, 2.05) is 31.2 Å². The van der Waals surface area contributed by atoms with Gasteiger partial charge in [-0.3, -0.25) is 0 Å². The fourth-order valence-corrected chi connectivity index (χ4v) is 3.11. The number of rotatable bonds is 4. The summed E-state index contributed by atoms with van der Waals surface area (Å²) in [5, 5.41) is 10.5. The summed E-state index contributed by atoms with van der Waals surface area (Å²) in [6, 6.07) is 7.89. The van der Waals surface area contributed by atoms with Crippen molar-refractivity contribution in [2.45, 2.75) is 50.6 Å². The second-order valence-corrected chi connectivity index (χ2v) is 5.94. The molecule has 2 nitrogen and oxygen atoms in total. The Morgan fingerprint density at radius 2 is 2.00 bits per heavy atom. The fourth-order valence-electron chi connectivity index (χ4n) is 3.11. The zero-order chi connectivity index (χ0) is 14.8. The summed E-state index contributed by atoms with van der Waals surface area (Å²) in [4.78, 5) is 0. The topological polar surface area (TPSA) is 46.2 Å². The van der Waals surface area contributed by atoms with E-state index in [-0.39, 0.29) is 24.7 Å². The van der Waals surface area contributed by atoms with Gasteiger partial charge in [0.05, 0.1) is 6.10 Å². The van der Waals surface area contributed by atoms with Crippen molar-refractivity contribution in [1.82, 2.24) is 0 Å². The van der Waals surface area contributed by atoms with Gasteiger partial charge in [-0.05, 0) is 31.2 Å². The molecule has 0 radical (unpaired) electrons. The van der Waals surface area contributed by atoms with Crippen LogP contribution in [0.3, 0.4) is 0 Å². The summed E-state index contributed by atoms with van der Waals surface area (Å²) in [5.41, 5.74) is 7.92. The molecular formula is C16H23F2NO. The van der Waals surface area contributed by atoms with Gasteiger partial charge >= 0.3 is 0 Å². The van der Waals surface area contributed by atoms with Gasteiger partial charge in [0.2, 0.25) is 5.92 Å². The summed E-state index contributed by atoms with van der Waals surface area (Å²) in [7, 11) is 0. The number of aliphatic hydroxyl groups is 1. The van der Waals surface area contributed by atoms with Crippen LogP contribution in [0.5, 0.6) is 0 Å². The monoisotopic (exact) mass is 283 g/mol. The lowest BCUT2D eigenvalue weighted by molar-refractivity contribution is -0.0651. The number of hydrogen-bond donors (Lipinski definition) is 2. The molecule has 1 aliphatic rings. The third kappa shape index (κ3) is 3.55. The number of nitrogens with two attached hydrogens (primary N) is 1. The van der Waals surface area contributed by atoms with Crippen LogP contribution in [-0.2, 0) is 0 Å². The van der Waals surface area contributed by atoms with E-state index in [1.54, 1.807) is 0 Å². The number of aryl methyl sites for hydroxylation is 1. The maximum atomic E-state index is 13.2. The van der Waals surface area contributed by atoms with Gasteiger partial charge in [-0.25, -0.2) is 8.78 Å². The molecule has 2 unspecified atom stereocenters. The molecule has 0 heterocycles. The van der Waals surface area contributed by atoms with Crippen molar-refractivity contribution >= 4 is 0 Å². The Hall–Kier alpha value is -1.00. The molecular weight excluding hydrogens is 260 g/mol. The average Bonchev–Trinajstić information content (AvgIpc) is 2.39. The highest BCUT2D eigenvalue weighted by atomic mass is 19.3. The van der Waals surface area contributed by atoms with Crippen molar-refractivity contribution in [3.8, 4) is 0 Å². The molecule has 0 spiro atoms. The SMILES string of the molecule is Cc1cccc(C(CN)C(O)C2CCC(F)(F)CC2)c1. The summed E-state index contributed by atoms with van der Waals surface area (Å²) >= 11 is 0. The van der Waals surface area contributed by atoms with Crippen LogP contribution in [0.25, 0.3) is 0 Å². The summed E-state index contributed by atoms with van der Waals surface area (Å²) in [6.45, 7) is 2.32. The van der Waals surface area contributed by atoms with Crippen molar-refractivity contribution in [2.75, 3.05) is 6.54 Å². The molecule has 0 aromatic heterocycles. The minimum absolute atomic E-state index is 0.0799. The summed E-state index contributed by atoms with van der Waals surface area (Å²) in [5.74, 6) is -2.81. The zero-order valence-corrected chi connectivity index (χ0v) is 11.9. The van der Waals surface area contributed by atoms with Gasteiger partial charge in [-0.2, -0.15) is 0 Å². The van der Waals surface area contributed by atoms with Crippen LogP contribution in [0.15, 0.2) is 24.3 Å². The smallest absolute Gasteiger partial charge is 0.248 e. The Morgan fingerprint density at radius 1 is 1.35 bits per heavy atom. The highest BCUT2D eigenvalue weighted by Gasteiger charge is 2.39. The van der Waals surface area contributed by atoms with E-state index in [4.69, 9.17) is 5.73 Å². The standard InChI is InChI=1S/C16H23F2NO/c1-11-3-2-4-13(9-11)14(10-19)15(20)12-5-7-16(17,18)8-6-12/h2-4,9,12,14-15,20H,5-8,10,19H2,1H3. The van der Waals surface area contributed by atoms with Gasteiger partial charge < -0.3 is 10.8 Å². The van der Waals surface area contributed by atoms with Gasteiger partial charge in [-0.15, -0.1) is 0 Å². The van der Waals surface area contributed by atoms with Crippen molar-refractivity contribution in [3.05, 3.63) is 35.4 Å².